The molecule has 0 radical (unpaired) electrons. The molecule has 0 amide bonds. The quantitative estimate of drug-likeness (QED) is 0.901. The maximum atomic E-state index is 11.1. The molecule has 22 heavy (non-hydrogen) atoms. The molecule has 2 aromatic rings. The van der Waals surface area contributed by atoms with E-state index in [1.54, 1.807) is 12.1 Å². The fourth-order valence-electron chi connectivity index (χ4n) is 2.94. The van der Waals surface area contributed by atoms with E-state index < -0.39 is 5.97 Å². The van der Waals surface area contributed by atoms with Crippen molar-refractivity contribution < 1.29 is 15.0 Å². The van der Waals surface area contributed by atoms with Crippen LogP contribution in [0.3, 0.4) is 0 Å². The molecule has 1 heterocycles. The molecule has 0 unspecified atom stereocenters. The third-order valence-corrected chi connectivity index (χ3v) is 3.97. The first-order chi connectivity index (χ1) is 10.6. The Morgan fingerprint density at radius 1 is 1.14 bits per heavy atom. The molecule has 0 fully saturated rings. The number of phenols is 1. The molecule has 4 heteroatoms. The number of carbonyl (C=O) groups is 1. The van der Waals surface area contributed by atoms with Crippen LogP contribution in [-0.2, 0) is 0 Å². The van der Waals surface area contributed by atoms with E-state index in [2.05, 4.69) is 4.98 Å². The van der Waals surface area contributed by atoms with Crippen molar-refractivity contribution in [3.8, 4) is 5.75 Å². The Labute approximate surface area is 128 Å². The zero-order chi connectivity index (χ0) is 15.7. The second-order valence-electron chi connectivity index (χ2n) is 5.54. The van der Waals surface area contributed by atoms with E-state index in [1.807, 2.05) is 25.1 Å². The van der Waals surface area contributed by atoms with Crippen LogP contribution in [0.4, 0.5) is 0 Å². The fourth-order valence-corrected chi connectivity index (χ4v) is 2.94. The maximum Gasteiger partial charge on any atom is 0.354 e. The Bertz CT molecular complexity index is 778. The summed E-state index contributed by atoms with van der Waals surface area (Å²) in [5.74, 6) is -0.760. The first-order valence-corrected chi connectivity index (χ1v) is 7.29. The lowest BCUT2D eigenvalue weighted by atomic mass is 9.98. The van der Waals surface area contributed by atoms with E-state index in [4.69, 9.17) is 5.11 Å². The van der Waals surface area contributed by atoms with E-state index in [9.17, 15) is 9.90 Å². The van der Waals surface area contributed by atoms with Crippen LogP contribution >= 0.6 is 0 Å². The highest BCUT2D eigenvalue weighted by molar-refractivity contribution is 5.94. The van der Waals surface area contributed by atoms with Crippen molar-refractivity contribution in [2.45, 2.75) is 26.2 Å². The number of aromatic nitrogens is 1. The van der Waals surface area contributed by atoms with Crippen molar-refractivity contribution in [2.75, 3.05) is 0 Å². The minimum atomic E-state index is -1.03. The molecule has 0 saturated carbocycles. The van der Waals surface area contributed by atoms with Crippen LogP contribution < -0.4 is 0 Å². The van der Waals surface area contributed by atoms with Crippen LogP contribution in [0.5, 0.6) is 5.75 Å². The smallest absolute Gasteiger partial charge is 0.354 e. The average molecular weight is 295 g/mol. The standard InChI is InChI=1S/C18H17NO3/c1-11-8-9-14(17(20)10-11)12-4-2-5-13(12)15-6-3-7-16(19-15)18(21)22/h3,6-10,20H,2,4-5H2,1H3,(H,21,22). The third kappa shape index (κ3) is 2.60. The molecule has 1 aromatic carbocycles. The Hall–Kier alpha value is -2.62. The number of pyridine rings is 1. The summed E-state index contributed by atoms with van der Waals surface area (Å²) in [4.78, 5) is 15.3. The summed E-state index contributed by atoms with van der Waals surface area (Å²) < 4.78 is 0. The normalized spacial score (nSPS) is 14.4. The van der Waals surface area contributed by atoms with Gasteiger partial charge in [0, 0.05) is 5.56 Å². The van der Waals surface area contributed by atoms with Crippen LogP contribution in [0.25, 0.3) is 11.1 Å². The summed E-state index contributed by atoms with van der Waals surface area (Å²) >= 11 is 0. The molecule has 0 saturated heterocycles. The highest BCUT2D eigenvalue weighted by Crippen LogP contribution is 2.42. The zero-order valence-electron chi connectivity index (χ0n) is 12.3. The van der Waals surface area contributed by atoms with Gasteiger partial charge < -0.3 is 10.2 Å². The SMILES string of the molecule is Cc1ccc(C2=C(c3cccc(C(=O)O)n3)CCC2)c(O)c1. The number of allylic oxidation sites excluding steroid dienone is 2. The Morgan fingerprint density at radius 2 is 1.91 bits per heavy atom. The molecule has 0 spiro atoms. The topological polar surface area (TPSA) is 70.4 Å². The molecule has 0 bridgehead atoms. The highest BCUT2D eigenvalue weighted by atomic mass is 16.4. The molecule has 1 aromatic heterocycles. The van der Waals surface area contributed by atoms with Gasteiger partial charge in [-0.25, -0.2) is 9.78 Å². The Kier molecular flexibility index (Phi) is 3.67. The molecule has 0 atom stereocenters. The number of phenolic OH excluding ortho intramolecular Hbond substituents is 1. The lowest BCUT2D eigenvalue weighted by Crippen LogP contribution is -2.02. The average Bonchev–Trinajstić information content (AvgIpc) is 2.96. The highest BCUT2D eigenvalue weighted by Gasteiger charge is 2.21. The lowest BCUT2D eigenvalue weighted by Gasteiger charge is -2.10. The van der Waals surface area contributed by atoms with Crippen LogP contribution in [0.15, 0.2) is 36.4 Å². The van der Waals surface area contributed by atoms with Gasteiger partial charge in [0.05, 0.1) is 5.69 Å². The molecular formula is C18H17NO3. The minimum absolute atomic E-state index is 0.0457. The number of nitrogens with zero attached hydrogens (tertiary/aromatic N) is 1. The molecule has 1 aliphatic rings. The van der Waals surface area contributed by atoms with Gasteiger partial charge in [0.15, 0.2) is 0 Å². The van der Waals surface area contributed by atoms with E-state index in [1.165, 1.54) is 6.07 Å². The van der Waals surface area contributed by atoms with Gasteiger partial charge in [-0.3, -0.25) is 0 Å². The number of aromatic carboxylic acids is 1. The van der Waals surface area contributed by atoms with E-state index in [0.29, 0.717) is 5.69 Å². The van der Waals surface area contributed by atoms with E-state index in [-0.39, 0.29) is 11.4 Å². The minimum Gasteiger partial charge on any atom is -0.507 e. The predicted molar refractivity (Wildman–Crippen MR) is 84.7 cm³/mol. The monoisotopic (exact) mass is 295 g/mol. The third-order valence-electron chi connectivity index (χ3n) is 3.97. The van der Waals surface area contributed by atoms with E-state index in [0.717, 1.165) is 41.5 Å². The molecule has 1 aliphatic carbocycles. The first kappa shape index (κ1) is 14.3. The van der Waals surface area contributed by atoms with Gasteiger partial charge in [0.25, 0.3) is 0 Å². The van der Waals surface area contributed by atoms with Gasteiger partial charge >= 0.3 is 5.97 Å². The van der Waals surface area contributed by atoms with Gasteiger partial charge in [0.2, 0.25) is 0 Å². The van der Waals surface area contributed by atoms with Crippen LogP contribution in [-0.4, -0.2) is 21.2 Å². The van der Waals surface area contributed by atoms with Gasteiger partial charge in [-0.2, -0.15) is 0 Å². The molecular weight excluding hydrogens is 278 g/mol. The number of carboxylic acid groups (broad SMARTS) is 1. The number of benzene rings is 1. The van der Waals surface area contributed by atoms with E-state index >= 15 is 0 Å². The van der Waals surface area contributed by atoms with Gasteiger partial charge in [-0.15, -0.1) is 0 Å². The first-order valence-electron chi connectivity index (χ1n) is 7.29. The Morgan fingerprint density at radius 3 is 2.64 bits per heavy atom. The second kappa shape index (κ2) is 5.64. The van der Waals surface area contributed by atoms with Gasteiger partial charge in [-0.05, 0) is 61.1 Å². The number of carboxylic acids is 1. The number of aromatic hydroxyl groups is 1. The van der Waals surface area contributed by atoms with Crippen LogP contribution in [0.1, 0.15) is 46.6 Å². The van der Waals surface area contributed by atoms with Crippen molar-refractivity contribution in [2.24, 2.45) is 0 Å². The summed E-state index contributed by atoms with van der Waals surface area (Å²) in [6.07, 6.45) is 2.70. The van der Waals surface area contributed by atoms with Crippen LogP contribution in [0.2, 0.25) is 0 Å². The number of aryl methyl sites for hydroxylation is 1. The van der Waals surface area contributed by atoms with Gasteiger partial charge in [-0.1, -0.05) is 18.2 Å². The van der Waals surface area contributed by atoms with Crippen molar-refractivity contribution in [3.05, 3.63) is 58.9 Å². The molecule has 2 N–H and O–H groups in total. The second-order valence-corrected chi connectivity index (χ2v) is 5.54. The van der Waals surface area contributed by atoms with Crippen molar-refractivity contribution in [3.63, 3.8) is 0 Å². The van der Waals surface area contributed by atoms with Crippen molar-refractivity contribution in [1.82, 2.24) is 4.98 Å². The molecule has 0 aliphatic heterocycles. The summed E-state index contributed by atoms with van der Waals surface area (Å²) in [6.45, 7) is 1.94. The molecule has 3 rings (SSSR count). The predicted octanol–water partition coefficient (Wildman–Crippen LogP) is 3.89. The van der Waals surface area contributed by atoms with Gasteiger partial charge in [0.1, 0.15) is 11.4 Å². The summed E-state index contributed by atoms with van der Waals surface area (Å²) in [7, 11) is 0. The fraction of sp³-hybridized carbons (Fsp3) is 0.222. The number of hydrogen-bond donors (Lipinski definition) is 2. The molecule has 112 valence electrons. The number of hydrogen-bond acceptors (Lipinski definition) is 3. The van der Waals surface area contributed by atoms with Crippen molar-refractivity contribution in [1.29, 1.82) is 0 Å². The summed E-state index contributed by atoms with van der Waals surface area (Å²) in [6, 6.07) is 10.7. The zero-order valence-corrected chi connectivity index (χ0v) is 12.3. The Balaban J connectivity index is 2.11. The van der Waals surface area contributed by atoms with Crippen molar-refractivity contribution >= 4 is 17.1 Å². The summed E-state index contributed by atoms with van der Waals surface area (Å²) in [5.41, 5.74) is 4.65. The maximum absolute atomic E-state index is 11.1. The number of rotatable bonds is 3. The summed E-state index contributed by atoms with van der Waals surface area (Å²) in [5, 5.41) is 19.3. The van der Waals surface area contributed by atoms with Crippen LogP contribution in [0, 0.1) is 6.92 Å². The largest absolute Gasteiger partial charge is 0.507 e. The molecule has 4 nitrogen and oxygen atoms in total. The lowest BCUT2D eigenvalue weighted by molar-refractivity contribution is 0.0690.